The van der Waals surface area contributed by atoms with Crippen molar-refractivity contribution in [2.75, 3.05) is 6.54 Å². The zero-order chi connectivity index (χ0) is 23.5. The third-order valence-electron chi connectivity index (χ3n) is 8.32. The number of fused-ring (bicyclic) bond motifs is 1. The van der Waals surface area contributed by atoms with E-state index in [0.717, 1.165) is 43.0 Å². The molecule has 1 spiro atoms. The number of carbonyl (C=O) groups excluding carboxylic acids is 1. The lowest BCUT2D eigenvalue weighted by Gasteiger charge is -2.45. The molecular weight excluding hydrogens is 451 g/mol. The van der Waals surface area contributed by atoms with Gasteiger partial charge in [0.1, 0.15) is 11.6 Å². The van der Waals surface area contributed by atoms with Crippen molar-refractivity contribution < 1.29 is 17.6 Å². The van der Waals surface area contributed by atoms with E-state index in [-0.39, 0.29) is 16.4 Å². The molecule has 1 unspecified atom stereocenters. The second kappa shape index (κ2) is 8.02. The number of hydrogen-bond acceptors (Lipinski definition) is 4. The van der Waals surface area contributed by atoms with Crippen molar-refractivity contribution >= 4 is 26.5 Å². The van der Waals surface area contributed by atoms with E-state index in [1.54, 1.807) is 6.07 Å². The van der Waals surface area contributed by atoms with Crippen LogP contribution < -0.4 is 5.32 Å². The first-order chi connectivity index (χ1) is 16.3. The number of H-pyrrole nitrogens is 1. The smallest absolute Gasteiger partial charge is 0.181 e. The van der Waals surface area contributed by atoms with Gasteiger partial charge in [0, 0.05) is 28.7 Å². The summed E-state index contributed by atoms with van der Waals surface area (Å²) >= 11 is 0. The molecule has 1 atom stereocenters. The number of aromatic amines is 1. The van der Waals surface area contributed by atoms with Gasteiger partial charge in [-0.15, -0.1) is 0 Å². The fourth-order valence-corrected chi connectivity index (χ4v) is 7.86. The number of halogens is 1. The van der Waals surface area contributed by atoms with Crippen LogP contribution in [0.15, 0.2) is 53.6 Å². The van der Waals surface area contributed by atoms with Gasteiger partial charge >= 0.3 is 0 Å². The number of Topliss-reactive ketones (excluding diaryl/α,β-unsaturated/α-hetero) is 1. The molecule has 2 N–H and O–H groups in total. The van der Waals surface area contributed by atoms with Gasteiger partial charge in [0.25, 0.3) is 0 Å². The number of piperidine rings is 1. The van der Waals surface area contributed by atoms with Crippen molar-refractivity contribution in [1.82, 2.24) is 10.3 Å². The predicted molar refractivity (Wildman–Crippen MR) is 130 cm³/mol. The summed E-state index contributed by atoms with van der Waals surface area (Å²) in [7, 11) is -3.63. The van der Waals surface area contributed by atoms with E-state index in [4.69, 9.17) is 0 Å². The van der Waals surface area contributed by atoms with Crippen molar-refractivity contribution in [3.8, 4) is 11.1 Å². The van der Waals surface area contributed by atoms with Crippen molar-refractivity contribution in [1.29, 1.82) is 0 Å². The first kappa shape index (κ1) is 22.0. The Labute approximate surface area is 199 Å². The first-order valence-electron chi connectivity index (χ1n) is 12.2. The number of nitrogens with one attached hydrogen (secondary N) is 2. The standard InChI is InChI=1S/C27H29FN2O3S/c28-24-14-21(5-6-22(24)19-4-3-18-9-12-29-25(18)13-19)34(32,33)20-7-10-27(11-8-20)15-23(17-1-2-17)26(31)16-30-27/h3-6,9,12-14,17,20,23,29-30H,1-2,7-8,10-11,15-16H2. The highest BCUT2D eigenvalue weighted by molar-refractivity contribution is 7.92. The van der Waals surface area contributed by atoms with E-state index in [0.29, 0.717) is 42.2 Å². The van der Waals surface area contributed by atoms with E-state index in [1.165, 1.54) is 12.1 Å². The third-order valence-corrected chi connectivity index (χ3v) is 10.6. The predicted octanol–water partition coefficient (Wildman–Crippen LogP) is 5.02. The van der Waals surface area contributed by atoms with E-state index < -0.39 is 20.9 Å². The topological polar surface area (TPSA) is 79.0 Å². The van der Waals surface area contributed by atoms with Crippen LogP contribution >= 0.6 is 0 Å². The van der Waals surface area contributed by atoms with Gasteiger partial charge in [-0.3, -0.25) is 4.79 Å². The summed E-state index contributed by atoms with van der Waals surface area (Å²) in [5.41, 5.74) is 1.88. The number of benzene rings is 2. The monoisotopic (exact) mass is 480 g/mol. The van der Waals surface area contributed by atoms with Crippen LogP contribution in [0.5, 0.6) is 0 Å². The highest BCUT2D eigenvalue weighted by Gasteiger charge is 2.48. The minimum absolute atomic E-state index is 0.0540. The molecule has 34 heavy (non-hydrogen) atoms. The number of aromatic nitrogens is 1. The van der Waals surface area contributed by atoms with Crippen LogP contribution in [0.4, 0.5) is 4.39 Å². The Morgan fingerprint density at radius 3 is 2.50 bits per heavy atom. The van der Waals surface area contributed by atoms with Crippen LogP contribution in [0.25, 0.3) is 22.0 Å². The molecule has 3 fully saturated rings. The Morgan fingerprint density at radius 2 is 1.76 bits per heavy atom. The van der Waals surface area contributed by atoms with Gasteiger partial charge in [0.05, 0.1) is 16.7 Å². The van der Waals surface area contributed by atoms with Crippen molar-refractivity contribution in [3.63, 3.8) is 0 Å². The zero-order valence-corrected chi connectivity index (χ0v) is 19.8. The Hall–Kier alpha value is -2.51. The maximum absolute atomic E-state index is 15.1. The van der Waals surface area contributed by atoms with Crippen molar-refractivity contribution in [2.45, 2.75) is 60.6 Å². The van der Waals surface area contributed by atoms with Gasteiger partial charge in [-0.05, 0) is 86.1 Å². The lowest BCUT2D eigenvalue weighted by atomic mass is 9.71. The average molecular weight is 481 g/mol. The minimum Gasteiger partial charge on any atom is -0.361 e. The Bertz CT molecular complexity index is 1370. The molecular formula is C27H29FN2O3S. The van der Waals surface area contributed by atoms with Crippen LogP contribution in [-0.2, 0) is 14.6 Å². The Balaban J connectivity index is 1.19. The lowest BCUT2D eigenvalue weighted by molar-refractivity contribution is -0.126. The molecule has 3 aliphatic rings. The quantitative estimate of drug-likeness (QED) is 0.550. The van der Waals surface area contributed by atoms with Gasteiger partial charge in [0.2, 0.25) is 0 Å². The molecule has 178 valence electrons. The van der Waals surface area contributed by atoms with Gasteiger partial charge in [0.15, 0.2) is 9.84 Å². The molecule has 5 nitrogen and oxygen atoms in total. The second-order valence-corrected chi connectivity index (χ2v) is 12.6. The van der Waals surface area contributed by atoms with Crippen LogP contribution in [0.1, 0.15) is 44.9 Å². The van der Waals surface area contributed by atoms with E-state index in [9.17, 15) is 13.2 Å². The van der Waals surface area contributed by atoms with Gasteiger partial charge < -0.3 is 10.3 Å². The molecule has 0 radical (unpaired) electrons. The summed E-state index contributed by atoms with van der Waals surface area (Å²) in [4.78, 5) is 15.5. The number of hydrogen-bond donors (Lipinski definition) is 2. The van der Waals surface area contributed by atoms with E-state index in [1.807, 2.05) is 30.5 Å². The van der Waals surface area contributed by atoms with E-state index >= 15 is 4.39 Å². The maximum Gasteiger partial charge on any atom is 0.181 e. The molecule has 2 aliphatic carbocycles. The lowest BCUT2D eigenvalue weighted by Crippen LogP contribution is -2.57. The molecule has 1 aromatic heterocycles. The fraction of sp³-hybridized carbons (Fsp3) is 0.444. The normalized spacial score (nSPS) is 28.0. The summed E-state index contributed by atoms with van der Waals surface area (Å²) in [6, 6.07) is 11.9. The summed E-state index contributed by atoms with van der Waals surface area (Å²) in [6.07, 6.45) is 7.50. The molecule has 1 saturated heterocycles. The molecule has 2 heterocycles. The Morgan fingerprint density at radius 1 is 0.971 bits per heavy atom. The second-order valence-electron chi connectivity index (χ2n) is 10.4. The molecule has 0 amide bonds. The van der Waals surface area contributed by atoms with Crippen LogP contribution in [-0.4, -0.2) is 36.5 Å². The van der Waals surface area contributed by atoms with Crippen LogP contribution in [0, 0.1) is 17.7 Å². The molecule has 1 aliphatic heterocycles. The molecule has 7 heteroatoms. The van der Waals surface area contributed by atoms with Crippen LogP contribution in [0.3, 0.4) is 0 Å². The largest absolute Gasteiger partial charge is 0.361 e. The summed E-state index contributed by atoms with van der Waals surface area (Å²) < 4.78 is 41.9. The molecule has 3 aromatic rings. The van der Waals surface area contributed by atoms with Crippen molar-refractivity contribution in [3.05, 3.63) is 54.5 Å². The highest BCUT2D eigenvalue weighted by atomic mass is 32.2. The highest BCUT2D eigenvalue weighted by Crippen LogP contribution is 2.46. The first-order valence-corrected chi connectivity index (χ1v) is 13.8. The summed E-state index contributed by atoms with van der Waals surface area (Å²) in [6.45, 7) is 0.402. The number of ketones is 1. The van der Waals surface area contributed by atoms with Crippen LogP contribution in [0.2, 0.25) is 0 Å². The van der Waals surface area contributed by atoms with E-state index in [2.05, 4.69) is 10.3 Å². The van der Waals surface area contributed by atoms with Gasteiger partial charge in [-0.1, -0.05) is 18.2 Å². The van der Waals surface area contributed by atoms with Gasteiger partial charge in [-0.25, -0.2) is 12.8 Å². The fourth-order valence-electron chi connectivity index (χ4n) is 6.09. The zero-order valence-electron chi connectivity index (χ0n) is 19.0. The SMILES string of the molecule is O=C1CNC2(CCC(S(=O)(=O)c3ccc(-c4ccc5cc[nH]c5c4)c(F)c3)CC2)CC1C1CC1. The third kappa shape index (κ3) is 3.79. The summed E-state index contributed by atoms with van der Waals surface area (Å²) in [5, 5.41) is 3.97. The van der Waals surface area contributed by atoms with Crippen molar-refractivity contribution in [2.24, 2.45) is 11.8 Å². The molecule has 6 rings (SSSR count). The minimum atomic E-state index is -3.63. The number of carbonyl (C=O) groups is 1. The number of sulfone groups is 1. The number of rotatable bonds is 4. The molecule has 2 saturated carbocycles. The average Bonchev–Trinajstić information content (AvgIpc) is 3.57. The molecule has 0 bridgehead atoms. The van der Waals surface area contributed by atoms with Gasteiger partial charge in [-0.2, -0.15) is 0 Å². The molecule has 2 aromatic carbocycles. The maximum atomic E-state index is 15.1. The Kier molecular flexibility index (Phi) is 5.19. The summed E-state index contributed by atoms with van der Waals surface area (Å²) in [5.74, 6) is 0.459.